The number of hydrogen-bond acceptors (Lipinski definition) is 3. The Kier molecular flexibility index (Phi) is 6.26. The predicted octanol–water partition coefficient (Wildman–Crippen LogP) is 10.9. The van der Waals surface area contributed by atoms with E-state index in [1.54, 1.807) is 35.6 Å². The van der Waals surface area contributed by atoms with Crippen molar-refractivity contribution in [2.24, 2.45) is 0 Å². The number of nitrogens with zero attached hydrogens (tertiary/aromatic N) is 2. The van der Waals surface area contributed by atoms with E-state index in [1.165, 1.54) is 60.0 Å². The summed E-state index contributed by atoms with van der Waals surface area (Å²) in [4.78, 5) is 4.70. The quantitative estimate of drug-likeness (QED) is 0.167. The van der Waals surface area contributed by atoms with Crippen LogP contribution in [0.3, 0.4) is 0 Å². The van der Waals surface area contributed by atoms with Crippen LogP contribution < -0.4 is 26.2 Å². The Bertz CT molecular complexity index is 2580. The molecule has 3 aliphatic rings. The number of rotatable bonds is 2. The highest BCUT2D eigenvalue weighted by Crippen LogP contribution is 2.57. The molecular weight excluding hydrogens is 649 g/mol. The van der Waals surface area contributed by atoms with Crippen LogP contribution in [0.15, 0.2) is 121 Å². The number of benzene rings is 6. The third-order valence-corrected chi connectivity index (χ3v) is 12.5. The molecule has 7 aromatic rings. The molecule has 1 aromatic heterocycles. The van der Waals surface area contributed by atoms with Crippen molar-refractivity contribution >= 4 is 78.0 Å². The maximum Gasteiger partial charge on any atom is 0.254 e. The van der Waals surface area contributed by atoms with Crippen molar-refractivity contribution in [2.45, 2.75) is 45.4 Å². The molecule has 10 rings (SSSR count). The zero-order chi connectivity index (χ0) is 35.0. The third-order valence-electron chi connectivity index (χ3n) is 11.3. The number of hydrogen-bond donors (Lipinski definition) is 0. The van der Waals surface area contributed by atoms with Gasteiger partial charge in [0.2, 0.25) is 0 Å². The topological polar surface area (TPSA) is 6.48 Å². The van der Waals surface area contributed by atoms with E-state index in [9.17, 15) is 8.78 Å². The van der Waals surface area contributed by atoms with E-state index in [0.717, 1.165) is 27.8 Å². The van der Waals surface area contributed by atoms with Crippen LogP contribution in [0.25, 0.3) is 21.2 Å². The number of halogens is 2. The lowest BCUT2D eigenvalue weighted by Crippen LogP contribution is -2.61. The van der Waals surface area contributed by atoms with Crippen LogP contribution in [0.5, 0.6) is 0 Å². The van der Waals surface area contributed by atoms with Crippen LogP contribution in [-0.4, -0.2) is 6.71 Å². The highest BCUT2D eigenvalue weighted by molar-refractivity contribution is 7.26. The molecule has 0 saturated heterocycles. The van der Waals surface area contributed by atoms with Gasteiger partial charge in [-0.05, 0) is 122 Å². The minimum absolute atomic E-state index is 0.0469. The maximum atomic E-state index is 14.6. The molecule has 6 aromatic carbocycles. The first-order valence-corrected chi connectivity index (χ1v) is 18.4. The van der Waals surface area contributed by atoms with Gasteiger partial charge in [-0.1, -0.05) is 89.2 Å². The van der Waals surface area contributed by atoms with Gasteiger partial charge in [0.05, 0.1) is 5.00 Å². The largest absolute Gasteiger partial charge is 0.311 e. The van der Waals surface area contributed by atoms with Gasteiger partial charge in [-0.2, -0.15) is 0 Å². The Morgan fingerprint density at radius 3 is 1.96 bits per heavy atom. The fraction of sp³-hybridized carbons (Fsp3) is 0.156. The second-order valence-corrected chi connectivity index (χ2v) is 16.6. The summed E-state index contributed by atoms with van der Waals surface area (Å²) in [6.45, 7) is 11.6. The highest BCUT2D eigenvalue weighted by Gasteiger charge is 2.49. The summed E-state index contributed by atoms with van der Waals surface area (Å²) in [6, 6.07) is 40.5. The highest BCUT2D eigenvalue weighted by atomic mass is 32.1. The first-order chi connectivity index (χ1) is 24.5. The molecule has 248 valence electrons. The molecule has 1 aliphatic carbocycles. The van der Waals surface area contributed by atoms with Gasteiger partial charge in [-0.15, -0.1) is 11.3 Å². The van der Waals surface area contributed by atoms with Gasteiger partial charge >= 0.3 is 0 Å². The normalized spacial score (nSPS) is 15.0. The molecule has 0 bridgehead atoms. The Balaban J connectivity index is 1.35. The van der Waals surface area contributed by atoms with Crippen molar-refractivity contribution in [3.8, 4) is 11.1 Å². The molecule has 2 aliphatic heterocycles. The Hall–Kier alpha value is -5.20. The predicted molar refractivity (Wildman–Crippen MR) is 212 cm³/mol. The van der Waals surface area contributed by atoms with Crippen LogP contribution in [0.4, 0.5) is 42.2 Å². The second kappa shape index (κ2) is 10.4. The van der Waals surface area contributed by atoms with Gasteiger partial charge < -0.3 is 9.80 Å². The lowest BCUT2D eigenvalue weighted by atomic mass is 9.33. The average molecular weight is 685 g/mol. The fourth-order valence-electron chi connectivity index (χ4n) is 9.16. The van der Waals surface area contributed by atoms with E-state index in [-0.39, 0.29) is 29.2 Å². The monoisotopic (exact) mass is 684 g/mol. The van der Waals surface area contributed by atoms with Crippen LogP contribution >= 0.6 is 11.3 Å². The number of anilines is 6. The smallest absolute Gasteiger partial charge is 0.254 e. The van der Waals surface area contributed by atoms with Crippen molar-refractivity contribution in [1.29, 1.82) is 0 Å². The summed E-state index contributed by atoms with van der Waals surface area (Å²) in [5.74, 6) is -0.523. The Labute approximate surface area is 301 Å². The average Bonchev–Trinajstić information content (AvgIpc) is 3.61. The molecule has 0 N–H and O–H groups in total. The van der Waals surface area contributed by atoms with E-state index >= 15 is 0 Å². The van der Waals surface area contributed by atoms with E-state index < -0.39 is 0 Å². The molecule has 0 saturated carbocycles. The second-order valence-electron chi connectivity index (χ2n) is 15.6. The number of fused-ring (bicyclic) bond motifs is 10. The van der Waals surface area contributed by atoms with Crippen LogP contribution in [0, 0.1) is 11.6 Å². The van der Waals surface area contributed by atoms with Crippen LogP contribution in [-0.2, 0) is 10.8 Å². The fourth-order valence-corrected chi connectivity index (χ4v) is 10.4. The molecule has 0 atom stereocenters. The van der Waals surface area contributed by atoms with Gasteiger partial charge in [0.1, 0.15) is 11.6 Å². The van der Waals surface area contributed by atoms with Gasteiger partial charge in [0.25, 0.3) is 6.71 Å². The van der Waals surface area contributed by atoms with E-state index in [4.69, 9.17) is 0 Å². The maximum absolute atomic E-state index is 14.6. The van der Waals surface area contributed by atoms with Crippen LogP contribution in [0.2, 0.25) is 0 Å². The molecule has 51 heavy (non-hydrogen) atoms. The first kappa shape index (κ1) is 30.6. The Morgan fingerprint density at radius 2 is 1.27 bits per heavy atom. The van der Waals surface area contributed by atoms with Crippen molar-refractivity contribution in [3.05, 3.63) is 150 Å². The minimum atomic E-state index is -0.307. The summed E-state index contributed by atoms with van der Waals surface area (Å²) in [7, 11) is 0. The van der Waals surface area contributed by atoms with Crippen molar-refractivity contribution in [2.75, 3.05) is 9.80 Å². The summed E-state index contributed by atoms with van der Waals surface area (Å²) >= 11 is 1.79. The summed E-state index contributed by atoms with van der Waals surface area (Å²) in [5.41, 5.74) is 15.1. The van der Waals surface area contributed by atoms with Gasteiger partial charge in [-0.3, -0.25) is 0 Å². The van der Waals surface area contributed by atoms with Crippen molar-refractivity contribution in [1.82, 2.24) is 0 Å². The van der Waals surface area contributed by atoms with Gasteiger partial charge in [0, 0.05) is 38.6 Å². The molecule has 0 fully saturated rings. The summed E-state index contributed by atoms with van der Waals surface area (Å²) in [5, 5.41) is 2.38. The van der Waals surface area contributed by atoms with Gasteiger partial charge in [-0.25, -0.2) is 8.78 Å². The van der Waals surface area contributed by atoms with Crippen molar-refractivity contribution < 1.29 is 8.78 Å². The number of thiophene rings is 1. The van der Waals surface area contributed by atoms with Crippen LogP contribution in [0.1, 0.15) is 51.3 Å². The summed E-state index contributed by atoms with van der Waals surface area (Å²) in [6.07, 6.45) is 0. The lowest BCUT2D eigenvalue weighted by molar-refractivity contribution is 0.589. The summed E-state index contributed by atoms with van der Waals surface area (Å²) < 4.78 is 30.2. The minimum Gasteiger partial charge on any atom is -0.311 e. The SMILES string of the molecule is CC(C)(C)c1cccc2c1-c1ccc3c(c1C2(C)C)N(c1ccc(F)cc1)c1cccc2c1B3c1c(sc3ccccc13)N2c1ccc(F)cc1. The zero-order valence-electron chi connectivity index (χ0n) is 29.2. The molecule has 0 radical (unpaired) electrons. The van der Waals surface area contributed by atoms with Gasteiger partial charge in [0.15, 0.2) is 0 Å². The molecule has 6 heteroatoms. The van der Waals surface area contributed by atoms with Crippen molar-refractivity contribution in [3.63, 3.8) is 0 Å². The van der Waals surface area contributed by atoms with E-state index in [0.29, 0.717) is 0 Å². The van der Waals surface area contributed by atoms with E-state index in [2.05, 4.69) is 117 Å². The zero-order valence-corrected chi connectivity index (χ0v) is 30.0. The third kappa shape index (κ3) is 4.14. The first-order valence-electron chi connectivity index (χ1n) is 17.6. The Morgan fingerprint density at radius 1 is 0.647 bits per heavy atom. The molecule has 0 spiro atoms. The molecule has 2 nitrogen and oxygen atoms in total. The standard InChI is InChI=1S/C45H35BF2N2S/c1-44(2,3)32-11-8-12-33-38(32)31-24-25-34-42(39(31)45(33,4)5)49(28-20-16-26(47)17-21-28)35-13-9-14-36-41(35)46(34)40-30-10-6-7-15-37(30)51-43(40)50(36)29-22-18-27(48)19-23-29/h6-25H,1-5H3. The molecular formula is C45H35BF2N2S. The lowest BCUT2D eigenvalue weighted by Gasteiger charge is -2.44. The molecule has 0 unspecified atom stereocenters. The molecule has 0 amide bonds. The molecule has 3 heterocycles. The van der Waals surface area contributed by atoms with E-state index in [1.807, 2.05) is 24.3 Å².